The summed E-state index contributed by atoms with van der Waals surface area (Å²) in [7, 11) is 3.15. The van der Waals surface area contributed by atoms with Crippen molar-refractivity contribution < 1.29 is 14.3 Å². The summed E-state index contributed by atoms with van der Waals surface area (Å²) in [5, 5.41) is 2.91. The van der Waals surface area contributed by atoms with Gasteiger partial charge in [0.1, 0.15) is 0 Å². The number of carbonyl (C=O) groups is 1. The third-order valence-electron chi connectivity index (χ3n) is 3.34. The molecule has 0 aliphatic heterocycles. The number of anilines is 1. The van der Waals surface area contributed by atoms with E-state index >= 15 is 0 Å². The van der Waals surface area contributed by atoms with Crippen LogP contribution >= 0.6 is 22.6 Å². The van der Waals surface area contributed by atoms with Crippen molar-refractivity contribution in [2.75, 3.05) is 19.5 Å². The predicted molar refractivity (Wildman–Crippen MR) is 96.0 cm³/mol. The number of benzene rings is 2. The summed E-state index contributed by atoms with van der Waals surface area (Å²) in [5.41, 5.74) is 2.28. The topological polar surface area (TPSA) is 47.6 Å². The lowest BCUT2D eigenvalue weighted by Gasteiger charge is -2.14. The van der Waals surface area contributed by atoms with E-state index in [9.17, 15) is 4.79 Å². The van der Waals surface area contributed by atoms with Crippen LogP contribution in [0, 0.1) is 3.57 Å². The molecule has 0 bridgehead atoms. The van der Waals surface area contributed by atoms with Gasteiger partial charge in [-0.2, -0.15) is 0 Å². The van der Waals surface area contributed by atoms with Gasteiger partial charge in [0.2, 0.25) is 0 Å². The Hall–Kier alpha value is -1.76. The first-order valence-electron chi connectivity index (χ1n) is 6.90. The van der Waals surface area contributed by atoms with Gasteiger partial charge in [-0.3, -0.25) is 4.79 Å². The van der Waals surface area contributed by atoms with Crippen LogP contribution < -0.4 is 14.8 Å². The van der Waals surface area contributed by atoms with Crippen LogP contribution in [-0.4, -0.2) is 20.1 Å². The van der Waals surface area contributed by atoms with Crippen LogP contribution in [0.2, 0.25) is 0 Å². The fourth-order valence-electron chi connectivity index (χ4n) is 2.16. The van der Waals surface area contributed by atoms with Gasteiger partial charge in [0.05, 0.1) is 14.2 Å². The maximum Gasteiger partial charge on any atom is 0.256 e. The van der Waals surface area contributed by atoms with Crippen LogP contribution in [0.3, 0.4) is 0 Å². The number of methoxy groups -OCH3 is 2. The minimum absolute atomic E-state index is 0.154. The highest BCUT2D eigenvalue weighted by Gasteiger charge is 2.16. The van der Waals surface area contributed by atoms with Crippen molar-refractivity contribution in [3.63, 3.8) is 0 Å². The van der Waals surface area contributed by atoms with E-state index in [4.69, 9.17) is 9.47 Å². The SMILES string of the molecule is CCc1cc(OC)c(OC)cc1C(=O)Nc1ccc(I)cc1. The lowest BCUT2D eigenvalue weighted by molar-refractivity contribution is 0.102. The first-order valence-corrected chi connectivity index (χ1v) is 7.98. The second-order valence-corrected chi connectivity index (χ2v) is 5.92. The van der Waals surface area contributed by atoms with E-state index in [0.29, 0.717) is 17.1 Å². The summed E-state index contributed by atoms with van der Waals surface area (Å²) >= 11 is 2.23. The van der Waals surface area contributed by atoms with Gasteiger partial charge in [-0.05, 0) is 71.0 Å². The molecule has 0 saturated heterocycles. The molecular formula is C17H18INO3. The smallest absolute Gasteiger partial charge is 0.256 e. The van der Waals surface area contributed by atoms with E-state index in [-0.39, 0.29) is 5.91 Å². The number of carbonyl (C=O) groups excluding carboxylic acids is 1. The summed E-state index contributed by atoms with van der Waals surface area (Å²) in [6.07, 6.45) is 0.732. The maximum absolute atomic E-state index is 12.5. The molecule has 0 spiro atoms. The number of rotatable bonds is 5. The molecule has 4 nitrogen and oxygen atoms in total. The van der Waals surface area contributed by atoms with Crippen LogP contribution in [0.4, 0.5) is 5.69 Å². The molecular weight excluding hydrogens is 393 g/mol. The Morgan fingerprint density at radius 3 is 2.23 bits per heavy atom. The van der Waals surface area contributed by atoms with E-state index < -0.39 is 0 Å². The van der Waals surface area contributed by atoms with Gasteiger partial charge in [0, 0.05) is 14.8 Å². The Labute approximate surface area is 144 Å². The summed E-state index contributed by atoms with van der Waals surface area (Å²) in [5.74, 6) is 1.02. The molecule has 0 heterocycles. The molecule has 5 heteroatoms. The maximum atomic E-state index is 12.5. The summed E-state index contributed by atoms with van der Waals surface area (Å²) < 4.78 is 11.7. The molecule has 2 rings (SSSR count). The minimum atomic E-state index is -0.154. The summed E-state index contributed by atoms with van der Waals surface area (Å²) in [6, 6.07) is 11.2. The third-order valence-corrected chi connectivity index (χ3v) is 4.06. The number of nitrogens with one attached hydrogen (secondary N) is 1. The highest BCUT2D eigenvalue weighted by atomic mass is 127. The minimum Gasteiger partial charge on any atom is -0.493 e. The lowest BCUT2D eigenvalue weighted by atomic mass is 10.0. The molecule has 0 saturated carbocycles. The predicted octanol–water partition coefficient (Wildman–Crippen LogP) is 4.12. The van der Waals surface area contributed by atoms with Crippen LogP contribution in [0.1, 0.15) is 22.8 Å². The zero-order valence-electron chi connectivity index (χ0n) is 12.8. The van der Waals surface area contributed by atoms with Crippen LogP contribution in [0.5, 0.6) is 11.5 Å². The van der Waals surface area contributed by atoms with Crippen molar-refractivity contribution in [3.05, 3.63) is 51.1 Å². The molecule has 0 aliphatic rings. The van der Waals surface area contributed by atoms with Gasteiger partial charge in [0.25, 0.3) is 5.91 Å². The molecule has 0 atom stereocenters. The molecule has 116 valence electrons. The van der Waals surface area contributed by atoms with Gasteiger partial charge < -0.3 is 14.8 Å². The van der Waals surface area contributed by atoms with E-state index in [0.717, 1.165) is 21.2 Å². The molecule has 2 aromatic carbocycles. The van der Waals surface area contributed by atoms with Gasteiger partial charge >= 0.3 is 0 Å². The normalized spacial score (nSPS) is 10.2. The number of halogens is 1. The highest BCUT2D eigenvalue weighted by Crippen LogP contribution is 2.31. The molecule has 2 aromatic rings. The average Bonchev–Trinajstić information content (AvgIpc) is 2.55. The Balaban J connectivity index is 2.33. The molecule has 1 amide bonds. The Morgan fingerprint density at radius 2 is 1.68 bits per heavy atom. The molecule has 1 N–H and O–H groups in total. The Bertz CT molecular complexity index is 668. The third kappa shape index (κ3) is 3.71. The van der Waals surface area contributed by atoms with Crippen LogP contribution in [0.25, 0.3) is 0 Å². The molecule has 0 aliphatic carbocycles. The second-order valence-electron chi connectivity index (χ2n) is 4.68. The first-order chi connectivity index (χ1) is 10.6. The number of hydrogen-bond donors (Lipinski definition) is 1. The monoisotopic (exact) mass is 411 g/mol. The first kappa shape index (κ1) is 16.6. The van der Waals surface area contributed by atoms with Crippen LogP contribution in [-0.2, 0) is 6.42 Å². The van der Waals surface area contributed by atoms with Crippen molar-refractivity contribution in [1.82, 2.24) is 0 Å². The zero-order chi connectivity index (χ0) is 16.1. The number of amides is 1. The van der Waals surface area contributed by atoms with Crippen molar-refractivity contribution >= 4 is 34.2 Å². The van der Waals surface area contributed by atoms with Gasteiger partial charge in [-0.1, -0.05) is 6.92 Å². The Kier molecular flexibility index (Phi) is 5.65. The molecule has 0 aromatic heterocycles. The van der Waals surface area contributed by atoms with E-state index in [1.54, 1.807) is 20.3 Å². The molecule has 0 fully saturated rings. The standard InChI is InChI=1S/C17H18INO3/c1-4-11-9-15(21-2)16(22-3)10-14(11)17(20)19-13-7-5-12(18)6-8-13/h5-10H,4H2,1-3H3,(H,19,20). The average molecular weight is 411 g/mol. The molecule has 22 heavy (non-hydrogen) atoms. The van der Waals surface area contributed by atoms with Gasteiger partial charge in [-0.25, -0.2) is 0 Å². The number of aryl methyl sites for hydroxylation is 1. The van der Waals surface area contributed by atoms with E-state index in [2.05, 4.69) is 27.9 Å². The van der Waals surface area contributed by atoms with E-state index in [1.165, 1.54) is 0 Å². The molecule has 0 radical (unpaired) electrons. The summed E-state index contributed by atoms with van der Waals surface area (Å²) in [6.45, 7) is 2.00. The quantitative estimate of drug-likeness (QED) is 0.754. The fourth-order valence-corrected chi connectivity index (χ4v) is 2.52. The van der Waals surface area contributed by atoms with E-state index in [1.807, 2.05) is 37.3 Å². The van der Waals surface area contributed by atoms with Gasteiger partial charge in [0.15, 0.2) is 11.5 Å². The number of hydrogen-bond acceptors (Lipinski definition) is 3. The fraction of sp³-hybridized carbons (Fsp3) is 0.235. The lowest BCUT2D eigenvalue weighted by Crippen LogP contribution is -2.14. The largest absolute Gasteiger partial charge is 0.493 e. The van der Waals surface area contributed by atoms with Crippen molar-refractivity contribution in [1.29, 1.82) is 0 Å². The molecule has 0 unspecified atom stereocenters. The summed E-state index contributed by atoms with van der Waals surface area (Å²) in [4.78, 5) is 12.5. The second kappa shape index (κ2) is 7.49. The van der Waals surface area contributed by atoms with Crippen molar-refractivity contribution in [3.8, 4) is 11.5 Å². The Morgan fingerprint density at radius 1 is 1.09 bits per heavy atom. The zero-order valence-corrected chi connectivity index (χ0v) is 14.9. The highest BCUT2D eigenvalue weighted by molar-refractivity contribution is 14.1. The van der Waals surface area contributed by atoms with Gasteiger partial charge in [-0.15, -0.1) is 0 Å². The number of ether oxygens (including phenoxy) is 2. The van der Waals surface area contributed by atoms with Crippen molar-refractivity contribution in [2.45, 2.75) is 13.3 Å². The van der Waals surface area contributed by atoms with Crippen LogP contribution in [0.15, 0.2) is 36.4 Å². The van der Waals surface area contributed by atoms with Crippen molar-refractivity contribution in [2.24, 2.45) is 0 Å².